The van der Waals surface area contributed by atoms with Crippen LogP contribution in [-0.2, 0) is 6.54 Å². The number of ether oxygens (including phenoxy) is 1. The summed E-state index contributed by atoms with van der Waals surface area (Å²) in [6, 6.07) is 8.27. The Kier molecular flexibility index (Phi) is 7.35. The Balaban J connectivity index is 1.50. The lowest BCUT2D eigenvalue weighted by atomic mass is 9.99. The third-order valence-corrected chi connectivity index (χ3v) is 5.89. The van der Waals surface area contributed by atoms with Gasteiger partial charge in [0.1, 0.15) is 5.75 Å². The molecule has 2 aliphatic heterocycles. The van der Waals surface area contributed by atoms with E-state index >= 15 is 0 Å². The van der Waals surface area contributed by atoms with Gasteiger partial charge in [0.05, 0.1) is 7.11 Å². The van der Waals surface area contributed by atoms with Crippen molar-refractivity contribution in [1.82, 2.24) is 20.0 Å². The van der Waals surface area contributed by atoms with Crippen LogP contribution in [0.25, 0.3) is 0 Å². The van der Waals surface area contributed by atoms with E-state index in [1.165, 1.54) is 6.42 Å². The molecule has 0 radical (unpaired) electrons. The number of carbonyl (C=O) groups is 1. The number of para-hydroxylation sites is 1. The quantitative estimate of drug-likeness (QED) is 0.831. The van der Waals surface area contributed by atoms with Crippen molar-refractivity contribution in [1.29, 1.82) is 0 Å². The second-order valence-electron chi connectivity index (χ2n) is 7.75. The average molecular weight is 375 g/mol. The Labute approximate surface area is 163 Å². The summed E-state index contributed by atoms with van der Waals surface area (Å²) in [7, 11) is 3.85. The van der Waals surface area contributed by atoms with Gasteiger partial charge in [-0.2, -0.15) is 0 Å². The summed E-state index contributed by atoms with van der Waals surface area (Å²) in [5.74, 6) is 0.822. The van der Waals surface area contributed by atoms with Gasteiger partial charge in [-0.15, -0.1) is 0 Å². The molecule has 2 heterocycles. The summed E-state index contributed by atoms with van der Waals surface area (Å²) >= 11 is 0. The van der Waals surface area contributed by atoms with Gasteiger partial charge >= 0.3 is 6.03 Å². The molecule has 2 fully saturated rings. The fourth-order valence-electron chi connectivity index (χ4n) is 4.09. The normalized spacial score (nSPS) is 21.9. The number of urea groups is 1. The van der Waals surface area contributed by atoms with Gasteiger partial charge in [0.15, 0.2) is 0 Å². The summed E-state index contributed by atoms with van der Waals surface area (Å²) in [4.78, 5) is 19.8. The van der Waals surface area contributed by atoms with Crippen LogP contribution in [0.3, 0.4) is 0 Å². The van der Waals surface area contributed by atoms with Crippen molar-refractivity contribution in [2.75, 3.05) is 53.4 Å². The lowest BCUT2D eigenvalue weighted by Crippen LogP contribution is -2.50. The highest BCUT2D eigenvalue weighted by atomic mass is 16.5. The van der Waals surface area contributed by atoms with Crippen molar-refractivity contribution < 1.29 is 9.53 Å². The van der Waals surface area contributed by atoms with Crippen LogP contribution in [0.4, 0.5) is 4.79 Å². The highest BCUT2D eigenvalue weighted by Crippen LogP contribution is 2.21. The average Bonchev–Trinajstić information content (AvgIpc) is 2.72. The molecule has 0 aromatic heterocycles. The zero-order valence-electron chi connectivity index (χ0n) is 16.8. The van der Waals surface area contributed by atoms with Gasteiger partial charge in [-0.05, 0) is 38.8 Å². The minimum absolute atomic E-state index is 0.0592. The number of likely N-dealkylation sites (tertiary alicyclic amines) is 1. The number of nitrogens with one attached hydrogen (secondary N) is 1. The van der Waals surface area contributed by atoms with Crippen LogP contribution in [0.15, 0.2) is 24.3 Å². The Hall–Kier alpha value is -1.79. The molecule has 1 atom stereocenters. The van der Waals surface area contributed by atoms with E-state index in [0.29, 0.717) is 12.6 Å². The molecule has 1 N–H and O–H groups in total. The molecule has 150 valence electrons. The topological polar surface area (TPSA) is 48.1 Å². The van der Waals surface area contributed by atoms with E-state index in [-0.39, 0.29) is 6.03 Å². The van der Waals surface area contributed by atoms with Crippen molar-refractivity contribution in [3.63, 3.8) is 0 Å². The van der Waals surface area contributed by atoms with Crippen LogP contribution < -0.4 is 10.1 Å². The van der Waals surface area contributed by atoms with E-state index < -0.39 is 0 Å². The number of rotatable bonds is 6. The van der Waals surface area contributed by atoms with Gasteiger partial charge in [-0.3, -0.25) is 0 Å². The van der Waals surface area contributed by atoms with Gasteiger partial charge in [0, 0.05) is 57.4 Å². The monoisotopic (exact) mass is 374 g/mol. The standard InChI is InChI=1S/C21H34N4O2/c1-23-13-15-24(16-14-23)12-10-19-8-5-6-11-25(19)21(26)22-17-18-7-3-4-9-20(18)27-2/h3-4,7,9,19H,5-6,8,10-17H2,1-2H3,(H,22,26)/t19-/m0/s1. The maximum Gasteiger partial charge on any atom is 0.317 e. The number of amides is 2. The first-order chi connectivity index (χ1) is 13.2. The molecule has 6 heteroatoms. The van der Waals surface area contributed by atoms with Gasteiger partial charge < -0.3 is 24.8 Å². The molecule has 1 aromatic rings. The Morgan fingerprint density at radius 1 is 1.15 bits per heavy atom. The summed E-state index contributed by atoms with van der Waals surface area (Å²) in [6.45, 7) is 7.04. The van der Waals surface area contributed by atoms with E-state index in [0.717, 1.165) is 69.8 Å². The van der Waals surface area contributed by atoms with Crippen LogP contribution in [0.1, 0.15) is 31.2 Å². The summed E-state index contributed by atoms with van der Waals surface area (Å²) < 4.78 is 5.38. The molecule has 2 amide bonds. The fourth-order valence-corrected chi connectivity index (χ4v) is 4.09. The minimum Gasteiger partial charge on any atom is -0.496 e. The molecule has 0 saturated carbocycles. The lowest BCUT2D eigenvalue weighted by Gasteiger charge is -2.38. The largest absolute Gasteiger partial charge is 0.496 e. The maximum absolute atomic E-state index is 12.8. The first kappa shape index (κ1) is 20.0. The predicted molar refractivity (Wildman–Crippen MR) is 108 cm³/mol. The van der Waals surface area contributed by atoms with Gasteiger partial charge in [0.25, 0.3) is 0 Å². The van der Waals surface area contributed by atoms with Crippen LogP contribution in [0.2, 0.25) is 0 Å². The van der Waals surface area contributed by atoms with Crippen LogP contribution in [0.5, 0.6) is 5.75 Å². The number of piperidine rings is 1. The smallest absolute Gasteiger partial charge is 0.317 e. The second kappa shape index (κ2) is 9.95. The number of benzene rings is 1. The molecule has 1 aromatic carbocycles. The van der Waals surface area contributed by atoms with E-state index in [2.05, 4.69) is 27.1 Å². The van der Waals surface area contributed by atoms with E-state index in [1.807, 2.05) is 24.3 Å². The SMILES string of the molecule is COc1ccccc1CNC(=O)N1CCCC[C@H]1CCN1CCN(C)CC1. The van der Waals surface area contributed by atoms with Gasteiger partial charge in [-0.1, -0.05) is 18.2 Å². The Morgan fingerprint density at radius 2 is 1.93 bits per heavy atom. The second-order valence-corrected chi connectivity index (χ2v) is 7.75. The van der Waals surface area contributed by atoms with Gasteiger partial charge in [0.2, 0.25) is 0 Å². The van der Waals surface area contributed by atoms with E-state index in [9.17, 15) is 4.79 Å². The van der Waals surface area contributed by atoms with Crippen molar-refractivity contribution in [3.8, 4) is 5.75 Å². The summed E-state index contributed by atoms with van der Waals surface area (Å²) in [6.07, 6.45) is 4.53. The summed E-state index contributed by atoms with van der Waals surface area (Å²) in [5.41, 5.74) is 1.01. The molecule has 2 aliphatic rings. The van der Waals surface area contributed by atoms with E-state index in [1.54, 1.807) is 7.11 Å². The number of hydrogen-bond donors (Lipinski definition) is 1. The Morgan fingerprint density at radius 3 is 2.70 bits per heavy atom. The highest BCUT2D eigenvalue weighted by molar-refractivity contribution is 5.74. The molecule has 0 bridgehead atoms. The summed E-state index contributed by atoms with van der Waals surface area (Å²) in [5, 5.41) is 3.10. The first-order valence-corrected chi connectivity index (χ1v) is 10.2. The molecule has 0 aliphatic carbocycles. The van der Waals surface area contributed by atoms with Crippen molar-refractivity contribution in [3.05, 3.63) is 29.8 Å². The Bertz CT molecular complexity index is 602. The zero-order valence-corrected chi connectivity index (χ0v) is 16.8. The van der Waals surface area contributed by atoms with Crippen LogP contribution in [0, 0.1) is 0 Å². The van der Waals surface area contributed by atoms with Crippen LogP contribution in [-0.4, -0.2) is 80.2 Å². The first-order valence-electron chi connectivity index (χ1n) is 10.2. The molecular formula is C21H34N4O2. The number of likely N-dealkylation sites (N-methyl/N-ethyl adjacent to an activating group) is 1. The zero-order chi connectivity index (χ0) is 19.1. The highest BCUT2D eigenvalue weighted by Gasteiger charge is 2.27. The number of hydrogen-bond acceptors (Lipinski definition) is 4. The third-order valence-electron chi connectivity index (χ3n) is 5.89. The van der Waals surface area contributed by atoms with Crippen molar-refractivity contribution >= 4 is 6.03 Å². The minimum atomic E-state index is 0.0592. The maximum atomic E-state index is 12.8. The van der Waals surface area contributed by atoms with Crippen molar-refractivity contribution in [2.24, 2.45) is 0 Å². The molecule has 0 unspecified atom stereocenters. The van der Waals surface area contributed by atoms with Crippen LogP contribution >= 0.6 is 0 Å². The third kappa shape index (κ3) is 5.59. The fraction of sp³-hybridized carbons (Fsp3) is 0.667. The van der Waals surface area contributed by atoms with Crippen molar-refractivity contribution in [2.45, 2.75) is 38.3 Å². The number of piperazine rings is 1. The van der Waals surface area contributed by atoms with E-state index in [4.69, 9.17) is 4.74 Å². The van der Waals surface area contributed by atoms with Gasteiger partial charge in [-0.25, -0.2) is 4.79 Å². The number of carbonyl (C=O) groups excluding carboxylic acids is 1. The number of nitrogens with zero attached hydrogens (tertiary/aromatic N) is 3. The number of methoxy groups -OCH3 is 1. The molecule has 27 heavy (non-hydrogen) atoms. The molecular weight excluding hydrogens is 340 g/mol. The molecule has 0 spiro atoms. The molecule has 2 saturated heterocycles. The lowest BCUT2D eigenvalue weighted by molar-refractivity contribution is 0.117. The molecule has 6 nitrogen and oxygen atoms in total. The predicted octanol–water partition coefficient (Wildman–Crippen LogP) is 2.40. The molecule has 3 rings (SSSR count).